The van der Waals surface area contributed by atoms with E-state index in [1.807, 2.05) is 6.07 Å². The fourth-order valence-corrected chi connectivity index (χ4v) is 3.45. The second-order valence-electron chi connectivity index (χ2n) is 4.45. The summed E-state index contributed by atoms with van der Waals surface area (Å²) in [6, 6.07) is 9.27. The molecule has 0 atom stereocenters. The summed E-state index contributed by atoms with van der Waals surface area (Å²) in [5, 5.41) is 0. The van der Waals surface area contributed by atoms with E-state index in [0.29, 0.717) is 10.2 Å². The van der Waals surface area contributed by atoms with Crippen LogP contribution >= 0.6 is 15.9 Å². The summed E-state index contributed by atoms with van der Waals surface area (Å²) >= 11 is 3.10. The van der Waals surface area contributed by atoms with Gasteiger partial charge < -0.3 is 0 Å². The van der Waals surface area contributed by atoms with E-state index in [1.165, 1.54) is 12.1 Å². The average molecular weight is 358 g/mol. The highest BCUT2D eigenvalue weighted by Gasteiger charge is 2.20. The van der Waals surface area contributed by atoms with Crippen molar-refractivity contribution in [2.75, 3.05) is 4.72 Å². The molecule has 106 valence electrons. The molecule has 6 heteroatoms. The maximum absolute atomic E-state index is 13.8. The smallest absolute Gasteiger partial charge is 0.264 e. The molecule has 0 bridgehead atoms. The molecule has 1 N–H and O–H groups in total. The molecule has 0 radical (unpaired) electrons. The minimum absolute atomic E-state index is 0.372. The lowest BCUT2D eigenvalue weighted by Crippen LogP contribution is -2.16. The molecule has 0 aromatic heterocycles. The van der Waals surface area contributed by atoms with Crippen LogP contribution in [0.1, 0.15) is 11.1 Å². The van der Waals surface area contributed by atoms with Crippen molar-refractivity contribution in [3.63, 3.8) is 0 Å². The molecule has 0 spiro atoms. The van der Waals surface area contributed by atoms with Gasteiger partial charge in [0.05, 0.1) is 5.69 Å². The molecule has 0 saturated carbocycles. The Labute approximate surface area is 126 Å². The summed E-state index contributed by atoms with van der Waals surface area (Å²) in [4.78, 5) is -0.372. The quantitative estimate of drug-likeness (QED) is 0.901. The van der Waals surface area contributed by atoms with Crippen molar-refractivity contribution in [2.45, 2.75) is 18.7 Å². The third-order valence-corrected chi connectivity index (χ3v) is 4.78. The van der Waals surface area contributed by atoms with Gasteiger partial charge in [-0.15, -0.1) is 0 Å². The van der Waals surface area contributed by atoms with Crippen molar-refractivity contribution in [1.82, 2.24) is 0 Å². The van der Waals surface area contributed by atoms with Crippen molar-refractivity contribution >= 4 is 31.6 Å². The predicted molar refractivity (Wildman–Crippen MR) is 80.8 cm³/mol. The Hall–Kier alpha value is -1.40. The van der Waals surface area contributed by atoms with Gasteiger partial charge in [0, 0.05) is 4.47 Å². The van der Waals surface area contributed by atoms with E-state index in [2.05, 4.69) is 20.7 Å². The van der Waals surface area contributed by atoms with E-state index in [4.69, 9.17) is 0 Å². The Morgan fingerprint density at radius 2 is 1.70 bits per heavy atom. The van der Waals surface area contributed by atoms with E-state index in [0.717, 1.165) is 17.2 Å². The first-order chi connectivity index (χ1) is 9.31. The van der Waals surface area contributed by atoms with Gasteiger partial charge in [0.25, 0.3) is 10.0 Å². The number of aryl methyl sites for hydroxylation is 2. The summed E-state index contributed by atoms with van der Waals surface area (Å²) in [5.74, 6) is -0.793. The minimum atomic E-state index is -3.95. The van der Waals surface area contributed by atoms with Crippen molar-refractivity contribution in [1.29, 1.82) is 0 Å². The van der Waals surface area contributed by atoms with Crippen LogP contribution in [0.3, 0.4) is 0 Å². The van der Waals surface area contributed by atoms with Crippen LogP contribution in [0.15, 0.2) is 45.8 Å². The predicted octanol–water partition coefficient (Wildman–Crippen LogP) is 4.01. The zero-order chi connectivity index (χ0) is 14.9. The number of nitrogens with one attached hydrogen (secondary N) is 1. The first-order valence-electron chi connectivity index (χ1n) is 5.85. The maximum Gasteiger partial charge on any atom is 0.264 e. The number of hydrogen-bond donors (Lipinski definition) is 1. The zero-order valence-electron chi connectivity index (χ0n) is 10.9. The van der Waals surface area contributed by atoms with Gasteiger partial charge in [-0.2, -0.15) is 0 Å². The number of halogens is 2. The number of rotatable bonds is 3. The van der Waals surface area contributed by atoms with E-state index in [1.54, 1.807) is 26.0 Å². The topological polar surface area (TPSA) is 46.2 Å². The normalized spacial score (nSPS) is 11.4. The minimum Gasteiger partial charge on any atom is -0.279 e. The van der Waals surface area contributed by atoms with Gasteiger partial charge in [-0.3, -0.25) is 4.72 Å². The van der Waals surface area contributed by atoms with Crippen LogP contribution in [0.2, 0.25) is 0 Å². The molecule has 0 aliphatic heterocycles. The number of anilines is 1. The fraction of sp³-hybridized carbons (Fsp3) is 0.143. The molecule has 0 amide bonds. The van der Waals surface area contributed by atoms with Gasteiger partial charge >= 0.3 is 0 Å². The highest BCUT2D eigenvalue weighted by atomic mass is 79.9. The molecular weight excluding hydrogens is 345 g/mol. The van der Waals surface area contributed by atoms with Gasteiger partial charge in [0.2, 0.25) is 0 Å². The fourth-order valence-electron chi connectivity index (χ4n) is 1.86. The van der Waals surface area contributed by atoms with Crippen LogP contribution in [0.4, 0.5) is 10.1 Å². The molecule has 0 aliphatic rings. The summed E-state index contributed by atoms with van der Waals surface area (Å²) < 4.78 is 41.3. The van der Waals surface area contributed by atoms with Crippen LogP contribution in [-0.4, -0.2) is 8.42 Å². The Bertz CT molecular complexity index is 740. The molecule has 0 saturated heterocycles. The van der Waals surface area contributed by atoms with Crippen LogP contribution < -0.4 is 4.72 Å². The lowest BCUT2D eigenvalue weighted by Gasteiger charge is -2.13. The van der Waals surface area contributed by atoms with Crippen molar-refractivity contribution in [2.24, 2.45) is 0 Å². The molecule has 2 rings (SSSR count). The van der Waals surface area contributed by atoms with E-state index >= 15 is 0 Å². The van der Waals surface area contributed by atoms with E-state index in [9.17, 15) is 12.8 Å². The third-order valence-electron chi connectivity index (χ3n) is 2.90. The summed E-state index contributed by atoms with van der Waals surface area (Å²) in [6.07, 6.45) is 0. The molecule has 2 aromatic rings. The van der Waals surface area contributed by atoms with Gasteiger partial charge in [-0.25, -0.2) is 12.8 Å². The van der Waals surface area contributed by atoms with Gasteiger partial charge in [0.15, 0.2) is 0 Å². The highest BCUT2D eigenvalue weighted by Crippen LogP contribution is 2.25. The summed E-state index contributed by atoms with van der Waals surface area (Å²) in [5.41, 5.74) is 2.05. The van der Waals surface area contributed by atoms with Gasteiger partial charge in [-0.1, -0.05) is 34.1 Å². The first kappa shape index (κ1) is 15.0. The Balaban J connectivity index is 2.46. The number of benzene rings is 2. The molecule has 0 heterocycles. The molecule has 3 nitrogen and oxygen atoms in total. The standard InChI is InChI=1S/C14H13BrFNO2S/c1-9-4-3-5-10(2)14(9)17-20(18,19)13-7-6-11(15)8-12(13)16/h3-8,17H,1-2H3. The lowest BCUT2D eigenvalue weighted by molar-refractivity contribution is 0.570. The second-order valence-corrected chi connectivity index (χ2v) is 7.01. The number of hydrogen-bond acceptors (Lipinski definition) is 2. The van der Waals surface area contributed by atoms with Crippen LogP contribution in [0.25, 0.3) is 0 Å². The largest absolute Gasteiger partial charge is 0.279 e. The third kappa shape index (κ3) is 3.02. The number of para-hydroxylation sites is 1. The lowest BCUT2D eigenvalue weighted by atomic mass is 10.1. The number of sulfonamides is 1. The maximum atomic E-state index is 13.8. The Morgan fingerprint density at radius 1 is 1.10 bits per heavy atom. The zero-order valence-corrected chi connectivity index (χ0v) is 13.3. The van der Waals surface area contributed by atoms with Crippen LogP contribution in [0, 0.1) is 19.7 Å². The monoisotopic (exact) mass is 357 g/mol. The van der Waals surface area contributed by atoms with Crippen molar-refractivity contribution in [3.05, 3.63) is 57.8 Å². The SMILES string of the molecule is Cc1cccc(C)c1NS(=O)(=O)c1ccc(Br)cc1F. The molecule has 0 unspecified atom stereocenters. The van der Waals surface area contributed by atoms with Crippen molar-refractivity contribution < 1.29 is 12.8 Å². The first-order valence-corrected chi connectivity index (χ1v) is 8.13. The molecule has 2 aromatic carbocycles. The highest BCUT2D eigenvalue weighted by molar-refractivity contribution is 9.10. The van der Waals surface area contributed by atoms with Crippen molar-refractivity contribution in [3.8, 4) is 0 Å². The molecule has 0 aliphatic carbocycles. The second kappa shape index (κ2) is 5.54. The molecule has 0 fully saturated rings. The van der Waals surface area contributed by atoms with Gasteiger partial charge in [0.1, 0.15) is 10.7 Å². The Kier molecular flexibility index (Phi) is 4.15. The van der Waals surface area contributed by atoms with E-state index in [-0.39, 0.29) is 4.90 Å². The van der Waals surface area contributed by atoms with Crippen LogP contribution in [0.5, 0.6) is 0 Å². The van der Waals surface area contributed by atoms with Gasteiger partial charge in [-0.05, 0) is 43.2 Å². The average Bonchev–Trinajstić information content (AvgIpc) is 2.33. The Morgan fingerprint density at radius 3 is 2.25 bits per heavy atom. The molecular formula is C14H13BrFNO2S. The summed E-state index contributed by atoms with van der Waals surface area (Å²) in [6.45, 7) is 3.59. The van der Waals surface area contributed by atoms with E-state index < -0.39 is 15.8 Å². The molecule has 20 heavy (non-hydrogen) atoms. The summed E-state index contributed by atoms with van der Waals surface area (Å²) in [7, 11) is -3.95. The van der Waals surface area contributed by atoms with Crippen LogP contribution in [-0.2, 0) is 10.0 Å².